The summed E-state index contributed by atoms with van der Waals surface area (Å²) < 4.78 is 17.7. The van der Waals surface area contributed by atoms with Crippen LogP contribution in [-0.2, 0) is 11.1 Å². The highest BCUT2D eigenvalue weighted by Gasteiger charge is 2.28. The van der Waals surface area contributed by atoms with E-state index in [2.05, 4.69) is 0 Å². The van der Waals surface area contributed by atoms with Crippen molar-refractivity contribution in [3.63, 3.8) is 0 Å². The zero-order valence-electron chi connectivity index (χ0n) is 5.34. The van der Waals surface area contributed by atoms with E-state index in [1.165, 1.54) is 13.8 Å². The lowest BCUT2D eigenvalue weighted by atomic mass is 10.2. The molecule has 54 valence electrons. The number of rotatable bonds is 2. The number of nitrogens with two attached hydrogens (primary N) is 1. The van der Waals surface area contributed by atoms with Crippen molar-refractivity contribution in [3.05, 3.63) is 0 Å². The third kappa shape index (κ3) is 1.76. The Morgan fingerprint density at radius 3 is 2.11 bits per heavy atom. The summed E-state index contributed by atoms with van der Waals surface area (Å²) in [6.45, 7) is 2.87. The number of hydrogen-bond acceptors (Lipinski definition) is 2. The van der Waals surface area contributed by atoms with Gasteiger partial charge in [0, 0.05) is 0 Å². The van der Waals surface area contributed by atoms with Crippen LogP contribution in [0, 0.1) is 5.41 Å². The van der Waals surface area contributed by atoms with Crippen LogP contribution in [0.3, 0.4) is 0 Å². The minimum atomic E-state index is -2.06. The maximum absolute atomic E-state index is 10.4. The molecule has 0 bridgehead atoms. The monoisotopic (exact) mass is 150 g/mol. The smallest absolute Gasteiger partial charge is 0.166 e. The highest BCUT2D eigenvalue weighted by molar-refractivity contribution is 7.81. The Morgan fingerprint density at radius 1 is 1.78 bits per heavy atom. The first-order valence-electron chi connectivity index (χ1n) is 2.34. The van der Waals surface area contributed by atoms with Gasteiger partial charge in [0.1, 0.15) is 10.6 Å². The standard InChI is InChI=1S/C4H10N2O2S/c1-4(2,3(5)6)9(7)8/h1-2H3,(H3,5,6)(H,7,8). The fraction of sp³-hybridized carbons (Fsp3) is 0.750. The predicted molar refractivity (Wildman–Crippen MR) is 36.8 cm³/mol. The fourth-order valence-corrected chi connectivity index (χ4v) is 0.282. The Hall–Kier alpha value is -0.420. The van der Waals surface area contributed by atoms with Crippen LogP contribution in [0.25, 0.3) is 0 Å². The van der Waals surface area contributed by atoms with Crippen LogP contribution in [0.1, 0.15) is 13.8 Å². The third-order valence-electron chi connectivity index (χ3n) is 1.09. The Bertz CT molecular complexity index is 139. The Morgan fingerprint density at radius 2 is 2.11 bits per heavy atom. The van der Waals surface area contributed by atoms with E-state index in [4.69, 9.17) is 15.7 Å². The third-order valence-corrected chi connectivity index (χ3v) is 2.18. The molecule has 0 aliphatic carbocycles. The molecule has 1 atom stereocenters. The van der Waals surface area contributed by atoms with E-state index in [9.17, 15) is 4.21 Å². The molecule has 0 aromatic carbocycles. The summed E-state index contributed by atoms with van der Waals surface area (Å²) in [6, 6.07) is 0. The van der Waals surface area contributed by atoms with Gasteiger partial charge in [-0.3, -0.25) is 5.41 Å². The van der Waals surface area contributed by atoms with Gasteiger partial charge in [-0.15, -0.1) is 0 Å². The molecule has 0 radical (unpaired) electrons. The first-order valence-corrected chi connectivity index (χ1v) is 3.45. The number of nitrogens with one attached hydrogen (secondary N) is 1. The van der Waals surface area contributed by atoms with Crippen molar-refractivity contribution in [3.8, 4) is 0 Å². The minimum absolute atomic E-state index is 0.275. The molecular weight excluding hydrogens is 140 g/mol. The van der Waals surface area contributed by atoms with Crippen LogP contribution in [0.2, 0.25) is 0 Å². The Balaban J connectivity index is 4.38. The van der Waals surface area contributed by atoms with Crippen molar-refractivity contribution < 1.29 is 8.76 Å². The van der Waals surface area contributed by atoms with Crippen molar-refractivity contribution in [2.24, 2.45) is 5.73 Å². The van der Waals surface area contributed by atoms with Crippen molar-refractivity contribution in [1.82, 2.24) is 0 Å². The Kier molecular flexibility index (Phi) is 2.33. The lowest BCUT2D eigenvalue weighted by Gasteiger charge is -2.16. The van der Waals surface area contributed by atoms with Gasteiger partial charge in [0.25, 0.3) is 0 Å². The predicted octanol–water partition coefficient (Wildman–Crippen LogP) is -0.0773. The van der Waals surface area contributed by atoms with Crippen LogP contribution >= 0.6 is 0 Å². The van der Waals surface area contributed by atoms with Gasteiger partial charge in [0.15, 0.2) is 11.1 Å². The van der Waals surface area contributed by atoms with E-state index in [1.807, 2.05) is 0 Å². The zero-order valence-corrected chi connectivity index (χ0v) is 6.16. The summed E-state index contributed by atoms with van der Waals surface area (Å²) in [4.78, 5) is 0. The maximum atomic E-state index is 10.4. The molecule has 0 aromatic rings. The van der Waals surface area contributed by atoms with Gasteiger partial charge in [0.2, 0.25) is 0 Å². The molecule has 0 aromatic heterocycles. The van der Waals surface area contributed by atoms with Gasteiger partial charge in [-0.05, 0) is 13.8 Å². The summed E-state index contributed by atoms with van der Waals surface area (Å²) in [7, 11) is 0. The summed E-state index contributed by atoms with van der Waals surface area (Å²) in [6.07, 6.45) is 0. The van der Waals surface area contributed by atoms with Crippen LogP contribution in [0.15, 0.2) is 0 Å². The topological polar surface area (TPSA) is 87.2 Å². The van der Waals surface area contributed by atoms with Crippen LogP contribution in [0.4, 0.5) is 0 Å². The fourth-order valence-electron chi connectivity index (χ4n) is 0.0941. The van der Waals surface area contributed by atoms with Crippen molar-refractivity contribution >= 4 is 16.9 Å². The van der Waals surface area contributed by atoms with Gasteiger partial charge in [0.05, 0.1) is 0 Å². The molecule has 0 aliphatic heterocycles. The maximum Gasteiger partial charge on any atom is 0.166 e. The largest absolute Gasteiger partial charge is 0.386 e. The Labute approximate surface area is 56.2 Å². The van der Waals surface area contributed by atoms with Crippen LogP contribution in [-0.4, -0.2) is 19.3 Å². The van der Waals surface area contributed by atoms with Crippen molar-refractivity contribution in [2.75, 3.05) is 0 Å². The number of hydrogen-bond donors (Lipinski definition) is 3. The highest BCUT2D eigenvalue weighted by atomic mass is 32.2. The van der Waals surface area contributed by atoms with Crippen molar-refractivity contribution in [2.45, 2.75) is 18.6 Å². The molecule has 0 heterocycles. The molecule has 4 nitrogen and oxygen atoms in total. The van der Waals surface area contributed by atoms with Gasteiger partial charge >= 0.3 is 0 Å². The first kappa shape index (κ1) is 8.58. The van der Waals surface area contributed by atoms with Crippen LogP contribution < -0.4 is 5.73 Å². The second kappa shape index (κ2) is 2.45. The van der Waals surface area contributed by atoms with Gasteiger partial charge in [-0.25, -0.2) is 4.21 Å². The highest BCUT2D eigenvalue weighted by Crippen LogP contribution is 2.08. The molecule has 0 rings (SSSR count). The van der Waals surface area contributed by atoms with E-state index < -0.39 is 15.8 Å². The van der Waals surface area contributed by atoms with E-state index in [-0.39, 0.29) is 5.84 Å². The minimum Gasteiger partial charge on any atom is -0.386 e. The summed E-state index contributed by atoms with van der Waals surface area (Å²) in [5.41, 5.74) is 5.00. The molecule has 0 fully saturated rings. The van der Waals surface area contributed by atoms with E-state index >= 15 is 0 Å². The average Bonchev–Trinajstić information content (AvgIpc) is 1.65. The molecule has 0 aliphatic rings. The molecule has 0 saturated carbocycles. The number of amidine groups is 1. The van der Waals surface area contributed by atoms with Crippen molar-refractivity contribution in [1.29, 1.82) is 5.41 Å². The molecule has 0 saturated heterocycles. The first-order chi connectivity index (χ1) is 3.89. The van der Waals surface area contributed by atoms with E-state index in [0.717, 1.165) is 0 Å². The summed E-state index contributed by atoms with van der Waals surface area (Å²) in [5, 5.41) is 6.85. The lowest BCUT2D eigenvalue weighted by molar-refractivity contribution is 0.544. The lowest BCUT2D eigenvalue weighted by Crippen LogP contribution is -2.41. The normalized spacial score (nSPS) is 15.0. The molecule has 4 N–H and O–H groups in total. The zero-order chi connectivity index (χ0) is 7.65. The van der Waals surface area contributed by atoms with Gasteiger partial charge in [-0.1, -0.05) is 0 Å². The van der Waals surface area contributed by atoms with Gasteiger partial charge in [-0.2, -0.15) is 0 Å². The second-order valence-corrected chi connectivity index (χ2v) is 3.69. The average molecular weight is 150 g/mol. The van der Waals surface area contributed by atoms with Crippen LogP contribution in [0.5, 0.6) is 0 Å². The summed E-state index contributed by atoms with van der Waals surface area (Å²) >= 11 is -2.06. The van der Waals surface area contributed by atoms with E-state index in [1.54, 1.807) is 0 Å². The SMILES string of the molecule is CC(C)(C(=N)N)S(=O)O. The molecule has 0 amide bonds. The molecule has 0 spiro atoms. The molecular formula is C4H10N2O2S. The molecule has 1 unspecified atom stereocenters. The summed E-state index contributed by atoms with van der Waals surface area (Å²) in [5.74, 6) is -0.275. The molecule has 9 heavy (non-hydrogen) atoms. The van der Waals surface area contributed by atoms with Gasteiger partial charge < -0.3 is 10.3 Å². The quantitative estimate of drug-likeness (QED) is 0.292. The van der Waals surface area contributed by atoms with E-state index in [0.29, 0.717) is 0 Å². The molecule has 5 heteroatoms. The second-order valence-electron chi connectivity index (χ2n) is 2.17.